The Morgan fingerprint density at radius 3 is 2.45 bits per heavy atom. The third-order valence-electron chi connectivity index (χ3n) is 3.32. The highest BCUT2D eigenvalue weighted by Gasteiger charge is 2.29. The van der Waals surface area contributed by atoms with E-state index in [0.29, 0.717) is 13.0 Å². The summed E-state index contributed by atoms with van der Waals surface area (Å²) in [5.41, 5.74) is 0. The number of hydrogen-bond acceptors (Lipinski definition) is 4. The molecule has 0 aromatic rings. The summed E-state index contributed by atoms with van der Waals surface area (Å²) in [7, 11) is 0. The van der Waals surface area contributed by atoms with Crippen molar-refractivity contribution in [3.05, 3.63) is 0 Å². The number of carboxylic acids is 2. The van der Waals surface area contributed by atoms with Crippen LogP contribution in [0.2, 0.25) is 0 Å². The molecule has 0 aliphatic carbocycles. The number of carbonyl (C=O) groups excluding carboxylic acids is 1. The highest BCUT2D eigenvalue weighted by molar-refractivity contribution is 5.86. The molecule has 4 N–H and O–H groups in total. The van der Waals surface area contributed by atoms with Crippen molar-refractivity contribution in [2.24, 2.45) is 0 Å². The summed E-state index contributed by atoms with van der Waals surface area (Å²) in [5.74, 6) is -2.69. The lowest BCUT2D eigenvalue weighted by atomic mass is 10.1. The Hall–Kier alpha value is -1.83. The molecule has 0 radical (unpaired) electrons. The molecular formula is C12H20N2O6. The number of likely N-dealkylation sites (tertiary alicyclic amines) is 1. The lowest BCUT2D eigenvalue weighted by Crippen LogP contribution is -2.52. The van der Waals surface area contributed by atoms with E-state index >= 15 is 0 Å². The summed E-state index contributed by atoms with van der Waals surface area (Å²) in [6.45, 7) is 0.237. The molecule has 0 aromatic heterocycles. The number of aliphatic carboxylic acids is 2. The Labute approximate surface area is 116 Å². The van der Waals surface area contributed by atoms with Gasteiger partial charge in [0.2, 0.25) is 0 Å². The lowest BCUT2D eigenvalue weighted by molar-refractivity contribution is -0.145. The van der Waals surface area contributed by atoms with E-state index in [0.717, 1.165) is 19.3 Å². The van der Waals surface area contributed by atoms with Crippen molar-refractivity contribution in [2.75, 3.05) is 13.2 Å². The summed E-state index contributed by atoms with van der Waals surface area (Å²) >= 11 is 0. The van der Waals surface area contributed by atoms with E-state index in [1.54, 1.807) is 0 Å². The first-order chi connectivity index (χ1) is 9.45. The quantitative estimate of drug-likeness (QED) is 0.557. The zero-order chi connectivity index (χ0) is 15.1. The normalized spacial score (nSPS) is 20.9. The maximum atomic E-state index is 12.1. The number of nitrogens with one attached hydrogen (secondary N) is 1. The molecule has 114 valence electrons. The van der Waals surface area contributed by atoms with Crippen LogP contribution < -0.4 is 5.32 Å². The van der Waals surface area contributed by atoms with Gasteiger partial charge < -0.3 is 25.5 Å². The van der Waals surface area contributed by atoms with E-state index < -0.39 is 30.4 Å². The van der Waals surface area contributed by atoms with Crippen LogP contribution in [-0.4, -0.2) is 63.4 Å². The molecule has 1 heterocycles. The second-order valence-corrected chi connectivity index (χ2v) is 4.82. The molecule has 2 atom stereocenters. The van der Waals surface area contributed by atoms with Crippen LogP contribution in [0.4, 0.5) is 4.79 Å². The molecule has 1 unspecified atom stereocenters. The van der Waals surface area contributed by atoms with Crippen molar-refractivity contribution in [1.29, 1.82) is 0 Å². The van der Waals surface area contributed by atoms with E-state index in [1.807, 2.05) is 0 Å². The topological polar surface area (TPSA) is 127 Å². The van der Waals surface area contributed by atoms with Gasteiger partial charge in [-0.25, -0.2) is 9.59 Å². The van der Waals surface area contributed by atoms with Gasteiger partial charge in [0.25, 0.3) is 0 Å². The summed E-state index contributed by atoms with van der Waals surface area (Å²) in [6.07, 6.45) is 2.59. The lowest BCUT2D eigenvalue weighted by Gasteiger charge is -2.29. The zero-order valence-electron chi connectivity index (χ0n) is 11.1. The number of amides is 2. The summed E-state index contributed by atoms with van der Waals surface area (Å²) in [6, 6.07) is -2.46. The number of carboxylic acid groups (broad SMARTS) is 2. The van der Waals surface area contributed by atoms with Gasteiger partial charge in [0, 0.05) is 6.54 Å². The maximum absolute atomic E-state index is 12.1. The van der Waals surface area contributed by atoms with Crippen LogP contribution in [0.15, 0.2) is 0 Å². The summed E-state index contributed by atoms with van der Waals surface area (Å²) < 4.78 is 0. The number of aliphatic hydroxyl groups is 1. The van der Waals surface area contributed by atoms with Crippen LogP contribution in [0.25, 0.3) is 0 Å². The fraction of sp³-hybridized carbons (Fsp3) is 0.750. The fourth-order valence-electron chi connectivity index (χ4n) is 2.24. The number of nitrogens with zero attached hydrogens (tertiary/aromatic N) is 1. The van der Waals surface area contributed by atoms with Crippen molar-refractivity contribution in [2.45, 2.75) is 44.2 Å². The second kappa shape index (κ2) is 7.68. The monoisotopic (exact) mass is 288 g/mol. The van der Waals surface area contributed by atoms with E-state index in [4.69, 9.17) is 10.2 Å². The Kier molecular flexibility index (Phi) is 6.23. The largest absolute Gasteiger partial charge is 0.481 e. The first-order valence-electron chi connectivity index (χ1n) is 6.58. The number of hydrogen-bond donors (Lipinski definition) is 4. The second-order valence-electron chi connectivity index (χ2n) is 4.82. The van der Waals surface area contributed by atoms with Gasteiger partial charge in [0.15, 0.2) is 0 Å². The van der Waals surface area contributed by atoms with Gasteiger partial charge in [-0.1, -0.05) is 12.8 Å². The van der Waals surface area contributed by atoms with E-state index in [1.165, 1.54) is 4.90 Å². The van der Waals surface area contributed by atoms with Crippen LogP contribution in [-0.2, 0) is 9.59 Å². The molecule has 1 aliphatic heterocycles. The van der Waals surface area contributed by atoms with E-state index in [-0.39, 0.29) is 12.6 Å². The fourth-order valence-corrected chi connectivity index (χ4v) is 2.24. The van der Waals surface area contributed by atoms with Crippen molar-refractivity contribution >= 4 is 18.0 Å². The molecule has 1 aliphatic rings. The van der Waals surface area contributed by atoms with E-state index in [9.17, 15) is 19.5 Å². The molecule has 1 fully saturated rings. The first kappa shape index (κ1) is 16.2. The minimum Gasteiger partial charge on any atom is -0.481 e. The van der Waals surface area contributed by atoms with Crippen LogP contribution in [0.1, 0.15) is 32.1 Å². The first-order valence-corrected chi connectivity index (χ1v) is 6.58. The Bertz CT molecular complexity index is 373. The van der Waals surface area contributed by atoms with Gasteiger partial charge in [-0.15, -0.1) is 0 Å². The number of aliphatic hydroxyl groups excluding tert-OH is 1. The van der Waals surface area contributed by atoms with Gasteiger partial charge in [-0.05, 0) is 12.8 Å². The van der Waals surface area contributed by atoms with Crippen LogP contribution >= 0.6 is 0 Å². The third-order valence-corrected chi connectivity index (χ3v) is 3.32. The van der Waals surface area contributed by atoms with Crippen molar-refractivity contribution in [3.63, 3.8) is 0 Å². The van der Waals surface area contributed by atoms with Crippen LogP contribution in [0.3, 0.4) is 0 Å². The molecule has 0 bridgehead atoms. The summed E-state index contributed by atoms with van der Waals surface area (Å²) in [4.78, 5) is 35.0. The number of rotatable bonds is 5. The van der Waals surface area contributed by atoms with Crippen molar-refractivity contribution < 1.29 is 29.7 Å². The van der Waals surface area contributed by atoms with Crippen molar-refractivity contribution in [3.8, 4) is 0 Å². The molecule has 0 aromatic carbocycles. The van der Waals surface area contributed by atoms with E-state index in [2.05, 4.69) is 5.32 Å². The molecule has 2 amide bonds. The minimum atomic E-state index is -1.47. The summed E-state index contributed by atoms with van der Waals surface area (Å²) in [5, 5.41) is 29.0. The van der Waals surface area contributed by atoms with Crippen LogP contribution in [0.5, 0.6) is 0 Å². The van der Waals surface area contributed by atoms with Crippen LogP contribution in [0, 0.1) is 0 Å². The molecule has 8 heteroatoms. The van der Waals surface area contributed by atoms with Gasteiger partial charge in [-0.2, -0.15) is 0 Å². The molecular weight excluding hydrogens is 268 g/mol. The predicted molar refractivity (Wildman–Crippen MR) is 68.3 cm³/mol. The molecule has 8 nitrogen and oxygen atoms in total. The van der Waals surface area contributed by atoms with Gasteiger partial charge in [0.1, 0.15) is 6.04 Å². The molecule has 20 heavy (non-hydrogen) atoms. The average Bonchev–Trinajstić information content (AvgIpc) is 2.62. The van der Waals surface area contributed by atoms with Crippen molar-refractivity contribution in [1.82, 2.24) is 10.2 Å². The predicted octanol–water partition coefficient (Wildman–Crippen LogP) is -0.139. The highest BCUT2D eigenvalue weighted by Crippen LogP contribution is 2.16. The average molecular weight is 288 g/mol. The Balaban J connectivity index is 2.70. The zero-order valence-corrected chi connectivity index (χ0v) is 11.1. The Morgan fingerprint density at radius 1 is 1.20 bits per heavy atom. The molecule has 0 saturated carbocycles. The number of urea groups is 1. The van der Waals surface area contributed by atoms with Gasteiger partial charge in [-0.3, -0.25) is 4.79 Å². The molecule has 1 rings (SSSR count). The standard InChI is InChI=1S/C12H20N2O6/c15-7-8-4-2-1-3-5-14(8)12(20)13-9(11(18)19)6-10(16)17/h8-9,15H,1-7H2,(H,13,20)(H,16,17)(H,18,19)/t8?,9-/m1/s1. The third kappa shape index (κ3) is 4.69. The molecule has 1 saturated heterocycles. The van der Waals surface area contributed by atoms with Gasteiger partial charge >= 0.3 is 18.0 Å². The molecule has 0 spiro atoms. The smallest absolute Gasteiger partial charge is 0.326 e. The highest BCUT2D eigenvalue weighted by atomic mass is 16.4. The van der Waals surface area contributed by atoms with Gasteiger partial charge in [0.05, 0.1) is 19.1 Å². The Morgan fingerprint density at radius 2 is 1.90 bits per heavy atom. The minimum absolute atomic E-state index is 0.190. The number of carbonyl (C=O) groups is 3. The SMILES string of the molecule is O=C(O)C[C@@H](NC(=O)N1CCCCCC1CO)C(=O)O. The maximum Gasteiger partial charge on any atom is 0.326 e.